The lowest BCUT2D eigenvalue weighted by molar-refractivity contribution is 0.0934. The lowest BCUT2D eigenvalue weighted by Crippen LogP contribution is -2.33. The van der Waals surface area contributed by atoms with Crippen molar-refractivity contribution in [2.45, 2.75) is 27.7 Å². The van der Waals surface area contributed by atoms with Gasteiger partial charge in [0.1, 0.15) is 11.5 Å². The molecule has 0 saturated heterocycles. The summed E-state index contributed by atoms with van der Waals surface area (Å²) < 4.78 is 0. The van der Waals surface area contributed by atoms with Crippen molar-refractivity contribution in [1.82, 2.24) is 5.32 Å². The maximum Gasteiger partial charge on any atom is 0.255 e. The van der Waals surface area contributed by atoms with E-state index < -0.39 is 0 Å². The molecular formula is C15H23NO3. The van der Waals surface area contributed by atoms with E-state index >= 15 is 0 Å². The van der Waals surface area contributed by atoms with Crippen LogP contribution in [-0.4, -0.2) is 22.7 Å². The van der Waals surface area contributed by atoms with Crippen LogP contribution in [0.4, 0.5) is 0 Å². The number of phenolic OH excluding ortho intramolecular Hbond substituents is 2. The molecule has 0 aliphatic heterocycles. The Balaban J connectivity index is 2.72. The van der Waals surface area contributed by atoms with Crippen LogP contribution < -0.4 is 5.32 Å². The molecule has 3 N–H and O–H groups in total. The van der Waals surface area contributed by atoms with Crippen LogP contribution in [0, 0.1) is 17.8 Å². The fourth-order valence-corrected chi connectivity index (χ4v) is 2.25. The van der Waals surface area contributed by atoms with Gasteiger partial charge in [-0.05, 0) is 36.0 Å². The maximum absolute atomic E-state index is 12.0. The highest BCUT2D eigenvalue weighted by Crippen LogP contribution is 2.23. The molecule has 19 heavy (non-hydrogen) atoms. The Hall–Kier alpha value is -1.71. The van der Waals surface area contributed by atoms with Gasteiger partial charge in [-0.1, -0.05) is 27.7 Å². The van der Waals surface area contributed by atoms with Crippen molar-refractivity contribution in [3.05, 3.63) is 23.8 Å². The topological polar surface area (TPSA) is 69.6 Å². The monoisotopic (exact) mass is 265 g/mol. The van der Waals surface area contributed by atoms with E-state index in [2.05, 4.69) is 33.0 Å². The standard InChI is InChI=1S/C15H23NO3/c1-9(2)13(10(3)4)8-16-15(19)12-7-11(17)5-6-14(12)18/h5-7,9-10,13,17-18H,8H2,1-4H3,(H,16,19). The summed E-state index contributed by atoms with van der Waals surface area (Å²) in [6, 6.07) is 3.92. The van der Waals surface area contributed by atoms with E-state index in [1.165, 1.54) is 18.2 Å². The summed E-state index contributed by atoms with van der Waals surface area (Å²) in [6.07, 6.45) is 0. The summed E-state index contributed by atoms with van der Waals surface area (Å²) in [5, 5.41) is 21.8. The molecule has 4 nitrogen and oxygen atoms in total. The van der Waals surface area contributed by atoms with E-state index in [0.29, 0.717) is 24.3 Å². The van der Waals surface area contributed by atoms with Gasteiger partial charge >= 0.3 is 0 Å². The molecule has 0 aliphatic rings. The molecule has 0 heterocycles. The summed E-state index contributed by atoms with van der Waals surface area (Å²) in [5.41, 5.74) is 0.103. The Bertz CT molecular complexity index is 433. The quantitative estimate of drug-likeness (QED) is 0.717. The first-order chi connectivity index (χ1) is 8.82. The van der Waals surface area contributed by atoms with Crippen LogP contribution in [0.1, 0.15) is 38.1 Å². The van der Waals surface area contributed by atoms with Crippen LogP contribution in [0.3, 0.4) is 0 Å². The zero-order valence-electron chi connectivity index (χ0n) is 12.0. The predicted molar refractivity (Wildman–Crippen MR) is 75.3 cm³/mol. The molecule has 0 aliphatic carbocycles. The lowest BCUT2D eigenvalue weighted by atomic mass is 9.85. The Morgan fingerprint density at radius 3 is 2.26 bits per heavy atom. The number of aromatic hydroxyl groups is 2. The molecule has 0 bridgehead atoms. The molecule has 106 valence electrons. The third-order valence-corrected chi connectivity index (χ3v) is 3.44. The molecule has 0 spiro atoms. The van der Waals surface area contributed by atoms with Crippen LogP contribution in [0.2, 0.25) is 0 Å². The Labute approximate surface area is 114 Å². The average Bonchev–Trinajstić information content (AvgIpc) is 2.31. The second kappa shape index (κ2) is 6.45. The number of phenols is 2. The highest BCUT2D eigenvalue weighted by molar-refractivity contribution is 5.97. The van der Waals surface area contributed by atoms with E-state index in [-0.39, 0.29) is 23.0 Å². The molecule has 0 aromatic heterocycles. The number of hydrogen-bond acceptors (Lipinski definition) is 3. The first-order valence-electron chi connectivity index (χ1n) is 6.63. The van der Waals surface area contributed by atoms with Crippen molar-refractivity contribution in [2.75, 3.05) is 6.54 Å². The third-order valence-electron chi connectivity index (χ3n) is 3.44. The number of nitrogens with one attached hydrogen (secondary N) is 1. The van der Waals surface area contributed by atoms with Gasteiger partial charge in [-0.3, -0.25) is 4.79 Å². The molecule has 1 amide bonds. The molecule has 0 unspecified atom stereocenters. The number of carbonyl (C=O) groups is 1. The number of hydrogen-bond donors (Lipinski definition) is 3. The second-order valence-corrected chi connectivity index (χ2v) is 5.56. The normalized spacial score (nSPS) is 11.3. The third kappa shape index (κ3) is 4.16. The van der Waals surface area contributed by atoms with Crippen LogP contribution in [0.25, 0.3) is 0 Å². The van der Waals surface area contributed by atoms with Gasteiger partial charge in [0.05, 0.1) is 5.56 Å². The number of benzene rings is 1. The summed E-state index contributed by atoms with van der Waals surface area (Å²) in [5.74, 6) is 0.799. The molecule has 0 radical (unpaired) electrons. The van der Waals surface area contributed by atoms with E-state index in [0.717, 1.165) is 0 Å². The molecule has 1 aromatic carbocycles. The van der Waals surface area contributed by atoms with Crippen molar-refractivity contribution in [2.24, 2.45) is 17.8 Å². The first-order valence-corrected chi connectivity index (χ1v) is 6.63. The van der Waals surface area contributed by atoms with Crippen molar-refractivity contribution in [3.8, 4) is 11.5 Å². The summed E-state index contributed by atoms with van der Waals surface area (Å²) in [7, 11) is 0. The zero-order valence-corrected chi connectivity index (χ0v) is 12.0. The maximum atomic E-state index is 12.0. The van der Waals surface area contributed by atoms with Crippen LogP contribution >= 0.6 is 0 Å². The van der Waals surface area contributed by atoms with Gasteiger partial charge < -0.3 is 15.5 Å². The lowest BCUT2D eigenvalue weighted by Gasteiger charge is -2.25. The Morgan fingerprint density at radius 1 is 1.16 bits per heavy atom. The largest absolute Gasteiger partial charge is 0.508 e. The van der Waals surface area contributed by atoms with Crippen molar-refractivity contribution < 1.29 is 15.0 Å². The molecule has 0 atom stereocenters. The van der Waals surface area contributed by atoms with Gasteiger partial charge in [0.15, 0.2) is 0 Å². The molecule has 1 aromatic rings. The summed E-state index contributed by atoms with van der Waals surface area (Å²) in [6.45, 7) is 9.07. The van der Waals surface area contributed by atoms with Crippen LogP contribution in [0.5, 0.6) is 11.5 Å². The predicted octanol–water partition coefficient (Wildman–Crippen LogP) is 2.76. The SMILES string of the molecule is CC(C)C(CNC(=O)c1cc(O)ccc1O)C(C)C. The molecule has 0 saturated carbocycles. The Kier molecular flexibility index (Phi) is 5.21. The van der Waals surface area contributed by atoms with E-state index in [4.69, 9.17) is 0 Å². The van der Waals surface area contributed by atoms with E-state index in [1.54, 1.807) is 0 Å². The fourth-order valence-electron chi connectivity index (χ4n) is 2.25. The van der Waals surface area contributed by atoms with Crippen LogP contribution in [-0.2, 0) is 0 Å². The first kappa shape index (κ1) is 15.3. The molecular weight excluding hydrogens is 242 g/mol. The minimum atomic E-state index is -0.361. The van der Waals surface area contributed by atoms with E-state index in [9.17, 15) is 15.0 Å². The van der Waals surface area contributed by atoms with Gasteiger partial charge in [0, 0.05) is 6.54 Å². The minimum Gasteiger partial charge on any atom is -0.508 e. The van der Waals surface area contributed by atoms with Crippen molar-refractivity contribution in [3.63, 3.8) is 0 Å². The number of carbonyl (C=O) groups excluding carboxylic acids is 1. The Morgan fingerprint density at radius 2 is 1.74 bits per heavy atom. The average molecular weight is 265 g/mol. The molecule has 4 heteroatoms. The zero-order chi connectivity index (χ0) is 14.6. The van der Waals surface area contributed by atoms with Gasteiger partial charge in [-0.2, -0.15) is 0 Å². The van der Waals surface area contributed by atoms with Crippen molar-refractivity contribution in [1.29, 1.82) is 0 Å². The van der Waals surface area contributed by atoms with Gasteiger partial charge in [0.25, 0.3) is 5.91 Å². The number of rotatable bonds is 5. The summed E-state index contributed by atoms with van der Waals surface area (Å²) >= 11 is 0. The second-order valence-electron chi connectivity index (χ2n) is 5.56. The smallest absolute Gasteiger partial charge is 0.255 e. The van der Waals surface area contributed by atoms with Gasteiger partial charge in [-0.15, -0.1) is 0 Å². The molecule has 1 rings (SSSR count). The van der Waals surface area contributed by atoms with Crippen molar-refractivity contribution >= 4 is 5.91 Å². The highest BCUT2D eigenvalue weighted by atomic mass is 16.3. The van der Waals surface area contributed by atoms with Crippen LogP contribution in [0.15, 0.2) is 18.2 Å². The molecule has 0 fully saturated rings. The van der Waals surface area contributed by atoms with Gasteiger partial charge in [-0.25, -0.2) is 0 Å². The summed E-state index contributed by atoms with van der Waals surface area (Å²) in [4.78, 5) is 12.0. The fraction of sp³-hybridized carbons (Fsp3) is 0.533. The minimum absolute atomic E-state index is 0.0350. The number of amides is 1. The van der Waals surface area contributed by atoms with Gasteiger partial charge in [0.2, 0.25) is 0 Å². The highest BCUT2D eigenvalue weighted by Gasteiger charge is 2.19. The van der Waals surface area contributed by atoms with E-state index in [1.807, 2.05) is 0 Å².